The third kappa shape index (κ3) is 6.30. The first-order valence-corrected chi connectivity index (χ1v) is 8.76. The third-order valence-electron chi connectivity index (χ3n) is 1.96. The zero-order valence-electron chi connectivity index (χ0n) is 9.85. The van der Waals surface area contributed by atoms with Crippen LogP contribution in [-0.4, -0.2) is 29.6 Å². The molecule has 108 valence electrons. The molecule has 2 N–H and O–H groups in total. The van der Waals surface area contributed by atoms with Gasteiger partial charge in [0, 0.05) is 11.6 Å². The van der Waals surface area contributed by atoms with Crippen LogP contribution in [0.4, 0.5) is 4.39 Å². The predicted molar refractivity (Wildman–Crippen MR) is 70.0 cm³/mol. The van der Waals surface area contributed by atoms with Crippen LogP contribution in [0.15, 0.2) is 18.2 Å². The van der Waals surface area contributed by atoms with Gasteiger partial charge in [-0.3, -0.25) is 0 Å². The van der Waals surface area contributed by atoms with Gasteiger partial charge in [0.2, 0.25) is 10.0 Å². The second-order valence-electron chi connectivity index (χ2n) is 3.74. The number of sulfonamides is 1. The number of halogens is 2. The van der Waals surface area contributed by atoms with Crippen molar-refractivity contribution >= 4 is 31.8 Å². The molecule has 6 nitrogen and oxygen atoms in total. The highest BCUT2D eigenvalue weighted by molar-refractivity contribution is 8.03. The van der Waals surface area contributed by atoms with E-state index >= 15 is 0 Å². The van der Waals surface area contributed by atoms with Gasteiger partial charge in [0.05, 0.1) is 6.26 Å². The highest BCUT2D eigenvalue weighted by Gasteiger charge is 2.15. The van der Waals surface area contributed by atoms with Crippen molar-refractivity contribution in [3.8, 4) is 0 Å². The summed E-state index contributed by atoms with van der Waals surface area (Å²) < 4.78 is 60.4. The molecule has 0 heterocycles. The Balaban J connectivity index is 2.59. The predicted octanol–water partition coefficient (Wildman–Crippen LogP) is 0.405. The van der Waals surface area contributed by atoms with Gasteiger partial charge < -0.3 is 0 Å². The molecule has 0 fully saturated rings. The number of hydrogen-bond donors (Lipinski definition) is 2. The lowest BCUT2D eigenvalue weighted by Crippen LogP contribution is -2.40. The van der Waals surface area contributed by atoms with Crippen molar-refractivity contribution < 1.29 is 21.2 Å². The molecule has 0 aliphatic rings. The number of nitrogens with one attached hydrogen (secondary N) is 2. The molecule has 1 aromatic carbocycles. The first-order chi connectivity index (χ1) is 8.59. The summed E-state index contributed by atoms with van der Waals surface area (Å²) in [6.07, 6.45) is 0.923. The maximum atomic E-state index is 12.8. The Hall–Kier alpha value is -0.740. The van der Waals surface area contributed by atoms with Crippen molar-refractivity contribution in [3.05, 3.63) is 34.6 Å². The molecule has 19 heavy (non-hydrogen) atoms. The fourth-order valence-electron chi connectivity index (χ4n) is 1.27. The van der Waals surface area contributed by atoms with Crippen LogP contribution in [0.2, 0.25) is 5.02 Å². The molecule has 0 saturated heterocycles. The van der Waals surface area contributed by atoms with Crippen molar-refractivity contribution in [1.29, 1.82) is 0 Å². The van der Waals surface area contributed by atoms with Gasteiger partial charge in [-0.25, -0.2) is 17.5 Å². The lowest BCUT2D eigenvalue weighted by molar-refractivity contribution is 0.569. The molecule has 0 aliphatic heterocycles. The lowest BCUT2D eigenvalue weighted by atomic mass is 10.1. The van der Waals surface area contributed by atoms with E-state index in [1.165, 1.54) is 16.3 Å². The smallest absolute Gasteiger partial charge is 0.212 e. The van der Waals surface area contributed by atoms with Gasteiger partial charge in [0.25, 0.3) is 10.2 Å². The van der Waals surface area contributed by atoms with Crippen LogP contribution in [0.5, 0.6) is 0 Å². The highest BCUT2D eigenvalue weighted by Crippen LogP contribution is 2.17. The Labute approximate surface area is 116 Å². The van der Waals surface area contributed by atoms with E-state index in [0.717, 1.165) is 12.3 Å². The standard InChI is InChI=1S/C9H12ClFN2O4S2/c1-18(14,15)13-19(16,17)12-5-4-7-2-3-8(11)6-9(7)10/h2-3,6,12-13H,4-5H2,1H3. The monoisotopic (exact) mass is 330 g/mol. The van der Waals surface area contributed by atoms with Gasteiger partial charge >= 0.3 is 0 Å². The van der Waals surface area contributed by atoms with Gasteiger partial charge in [0.1, 0.15) is 5.82 Å². The molecule has 0 spiro atoms. The van der Waals surface area contributed by atoms with E-state index < -0.39 is 26.0 Å². The Kier molecular flexibility index (Phi) is 5.27. The van der Waals surface area contributed by atoms with Gasteiger partial charge in [-0.05, 0) is 24.1 Å². The quantitative estimate of drug-likeness (QED) is 0.790. The second kappa shape index (κ2) is 6.14. The molecule has 10 heteroatoms. The zero-order valence-corrected chi connectivity index (χ0v) is 12.2. The maximum absolute atomic E-state index is 12.8. The van der Waals surface area contributed by atoms with Crippen LogP contribution in [0.3, 0.4) is 0 Å². The van der Waals surface area contributed by atoms with Crippen molar-refractivity contribution in [1.82, 2.24) is 8.85 Å². The summed E-state index contributed by atoms with van der Waals surface area (Å²) in [5.41, 5.74) is 0.546. The summed E-state index contributed by atoms with van der Waals surface area (Å²) in [7, 11) is -8.00. The molecule has 1 rings (SSSR count). The van der Waals surface area contributed by atoms with Crippen LogP contribution in [0.1, 0.15) is 5.56 Å². The van der Waals surface area contributed by atoms with E-state index in [1.54, 1.807) is 0 Å². The molecule has 0 bridgehead atoms. The minimum Gasteiger partial charge on any atom is -0.212 e. The van der Waals surface area contributed by atoms with Crippen molar-refractivity contribution in [2.75, 3.05) is 12.8 Å². The lowest BCUT2D eigenvalue weighted by Gasteiger charge is -2.07. The molecule has 0 atom stereocenters. The summed E-state index contributed by atoms with van der Waals surface area (Å²) in [4.78, 5) is 0. The Bertz CT molecular complexity index is 661. The molecule has 0 aliphatic carbocycles. The van der Waals surface area contributed by atoms with Gasteiger partial charge in [0.15, 0.2) is 0 Å². The van der Waals surface area contributed by atoms with E-state index in [9.17, 15) is 21.2 Å². The largest absolute Gasteiger partial charge is 0.290 e. The van der Waals surface area contributed by atoms with Crippen LogP contribution in [0, 0.1) is 5.82 Å². The summed E-state index contributed by atoms with van der Waals surface area (Å²) in [6.45, 7) is -0.0732. The first kappa shape index (κ1) is 16.3. The van der Waals surface area contributed by atoms with E-state index in [4.69, 9.17) is 11.6 Å². The van der Waals surface area contributed by atoms with E-state index in [-0.39, 0.29) is 18.0 Å². The Morgan fingerprint density at radius 3 is 2.42 bits per heavy atom. The van der Waals surface area contributed by atoms with Crippen LogP contribution < -0.4 is 8.85 Å². The van der Waals surface area contributed by atoms with E-state index in [0.29, 0.717) is 5.56 Å². The number of rotatable bonds is 6. The average molecular weight is 331 g/mol. The normalized spacial score (nSPS) is 12.6. The molecule has 1 aromatic rings. The molecule has 0 aromatic heterocycles. The second-order valence-corrected chi connectivity index (χ2v) is 7.65. The van der Waals surface area contributed by atoms with Crippen LogP contribution >= 0.6 is 11.6 Å². The first-order valence-electron chi connectivity index (χ1n) is 5.01. The highest BCUT2D eigenvalue weighted by atomic mass is 35.5. The van der Waals surface area contributed by atoms with Gasteiger partial charge in [-0.1, -0.05) is 21.8 Å². The van der Waals surface area contributed by atoms with Gasteiger partial charge in [-0.2, -0.15) is 8.42 Å². The van der Waals surface area contributed by atoms with Crippen molar-refractivity contribution in [3.63, 3.8) is 0 Å². The van der Waals surface area contributed by atoms with Crippen LogP contribution in [-0.2, 0) is 26.7 Å². The topological polar surface area (TPSA) is 92.3 Å². The molecular weight excluding hydrogens is 319 g/mol. The van der Waals surface area contributed by atoms with E-state index in [1.807, 2.05) is 4.72 Å². The van der Waals surface area contributed by atoms with Crippen molar-refractivity contribution in [2.45, 2.75) is 6.42 Å². The zero-order chi connectivity index (χ0) is 14.7. The summed E-state index contributed by atoms with van der Waals surface area (Å²) in [6, 6.07) is 3.74. The maximum Gasteiger partial charge on any atom is 0.290 e. The number of hydrogen-bond acceptors (Lipinski definition) is 4. The minimum absolute atomic E-state index is 0.0732. The molecule has 0 amide bonds. The van der Waals surface area contributed by atoms with E-state index in [2.05, 4.69) is 0 Å². The summed E-state index contributed by atoms with van der Waals surface area (Å²) in [5, 5.41) is 0.176. The van der Waals surface area contributed by atoms with Gasteiger partial charge in [-0.15, -0.1) is 0 Å². The Morgan fingerprint density at radius 2 is 1.89 bits per heavy atom. The molecular formula is C9H12ClFN2O4S2. The molecule has 0 saturated carbocycles. The number of benzene rings is 1. The Morgan fingerprint density at radius 1 is 1.26 bits per heavy atom. The van der Waals surface area contributed by atoms with Crippen LogP contribution in [0.25, 0.3) is 0 Å². The third-order valence-corrected chi connectivity index (χ3v) is 4.99. The van der Waals surface area contributed by atoms with Crippen molar-refractivity contribution in [2.24, 2.45) is 0 Å². The minimum atomic E-state index is -4.14. The summed E-state index contributed by atoms with van der Waals surface area (Å²) in [5.74, 6) is -0.493. The average Bonchev–Trinajstić information content (AvgIpc) is 2.17. The molecule has 0 radical (unpaired) electrons. The fourth-order valence-corrected chi connectivity index (χ4v) is 3.74. The SMILES string of the molecule is CS(=O)(=O)NS(=O)(=O)NCCc1ccc(F)cc1Cl. The summed E-state index contributed by atoms with van der Waals surface area (Å²) >= 11 is 5.76. The fraction of sp³-hybridized carbons (Fsp3) is 0.333. The molecule has 0 unspecified atom stereocenters.